The van der Waals surface area contributed by atoms with Crippen LogP contribution in [0.2, 0.25) is 0 Å². The van der Waals surface area contributed by atoms with E-state index < -0.39 is 12.5 Å². The fraction of sp³-hybridized carbons (Fsp3) is 0.118. The third-order valence-electron chi connectivity index (χ3n) is 3.04. The Morgan fingerprint density at radius 3 is 2.64 bits per heavy atom. The van der Waals surface area contributed by atoms with Gasteiger partial charge in [-0.3, -0.25) is 4.79 Å². The van der Waals surface area contributed by atoms with Crippen molar-refractivity contribution >= 4 is 49.5 Å². The number of ether oxygens (including phenoxy) is 2. The first kappa shape index (κ1) is 19.4. The molecule has 1 amide bonds. The van der Waals surface area contributed by atoms with E-state index in [-0.39, 0.29) is 11.5 Å². The molecular formula is C17H13Br2F2NO3. The third-order valence-corrected chi connectivity index (χ3v) is 4.19. The number of hydrogen-bond acceptors (Lipinski definition) is 3. The lowest BCUT2D eigenvalue weighted by atomic mass is 10.1. The van der Waals surface area contributed by atoms with Crippen molar-refractivity contribution in [2.24, 2.45) is 0 Å². The molecule has 0 aliphatic rings. The van der Waals surface area contributed by atoms with Gasteiger partial charge in [-0.25, -0.2) is 0 Å². The van der Waals surface area contributed by atoms with E-state index in [0.29, 0.717) is 15.7 Å². The van der Waals surface area contributed by atoms with Crippen LogP contribution in [0, 0.1) is 0 Å². The van der Waals surface area contributed by atoms with E-state index in [1.54, 1.807) is 30.3 Å². The molecule has 4 nitrogen and oxygen atoms in total. The molecule has 0 aliphatic heterocycles. The maximum absolute atomic E-state index is 12.6. The van der Waals surface area contributed by atoms with Gasteiger partial charge < -0.3 is 14.8 Å². The molecule has 0 saturated carbocycles. The first-order valence-corrected chi connectivity index (χ1v) is 8.55. The van der Waals surface area contributed by atoms with Crippen LogP contribution < -0.4 is 14.8 Å². The first-order valence-electron chi connectivity index (χ1n) is 6.96. The molecule has 8 heteroatoms. The van der Waals surface area contributed by atoms with Gasteiger partial charge in [-0.1, -0.05) is 28.1 Å². The number of benzene rings is 2. The summed E-state index contributed by atoms with van der Waals surface area (Å²) in [5, 5.41) is 2.68. The summed E-state index contributed by atoms with van der Waals surface area (Å²) in [4.78, 5) is 12.1. The van der Waals surface area contributed by atoms with Crippen molar-refractivity contribution in [3.05, 3.63) is 57.0 Å². The number of carbonyl (C=O) groups excluding carboxylic acids is 1. The highest BCUT2D eigenvalue weighted by molar-refractivity contribution is 9.11. The van der Waals surface area contributed by atoms with Gasteiger partial charge in [0.1, 0.15) is 0 Å². The number of carbonyl (C=O) groups is 1. The largest absolute Gasteiger partial charge is 0.493 e. The van der Waals surface area contributed by atoms with Crippen LogP contribution in [-0.4, -0.2) is 19.6 Å². The summed E-state index contributed by atoms with van der Waals surface area (Å²) >= 11 is 6.66. The molecule has 0 spiro atoms. The van der Waals surface area contributed by atoms with Crippen molar-refractivity contribution in [1.82, 2.24) is 0 Å². The molecule has 0 heterocycles. The monoisotopic (exact) mass is 475 g/mol. The fourth-order valence-electron chi connectivity index (χ4n) is 1.97. The minimum Gasteiger partial charge on any atom is -0.493 e. The van der Waals surface area contributed by atoms with Gasteiger partial charge in [-0.05, 0) is 46.3 Å². The normalized spacial score (nSPS) is 11.0. The van der Waals surface area contributed by atoms with Gasteiger partial charge >= 0.3 is 6.61 Å². The zero-order chi connectivity index (χ0) is 18.4. The van der Waals surface area contributed by atoms with Gasteiger partial charge in [0, 0.05) is 20.6 Å². The minimum absolute atomic E-state index is 0.131. The van der Waals surface area contributed by atoms with Gasteiger partial charge in [0.25, 0.3) is 0 Å². The van der Waals surface area contributed by atoms with Crippen LogP contribution in [0.1, 0.15) is 5.56 Å². The summed E-state index contributed by atoms with van der Waals surface area (Å²) in [5.74, 6) is -0.402. The number of halogens is 4. The van der Waals surface area contributed by atoms with Crippen LogP contribution in [0.25, 0.3) is 6.08 Å². The summed E-state index contributed by atoms with van der Waals surface area (Å²) in [7, 11) is 1.35. The average Bonchev–Trinajstić information content (AvgIpc) is 2.56. The second-order valence-corrected chi connectivity index (χ2v) is 6.47. The van der Waals surface area contributed by atoms with Crippen molar-refractivity contribution in [1.29, 1.82) is 0 Å². The van der Waals surface area contributed by atoms with Gasteiger partial charge in [0.2, 0.25) is 5.91 Å². The number of anilines is 1. The molecule has 0 unspecified atom stereocenters. The lowest BCUT2D eigenvalue weighted by molar-refractivity contribution is -0.111. The van der Waals surface area contributed by atoms with Gasteiger partial charge in [-0.15, -0.1) is 0 Å². The average molecular weight is 477 g/mol. The SMILES string of the molecule is COc1cccc(/C=C/C(=O)Nc2ccc(Br)cc2Br)c1OC(F)F. The Morgan fingerprint density at radius 2 is 2.00 bits per heavy atom. The summed E-state index contributed by atoms with van der Waals surface area (Å²) in [6, 6.07) is 9.93. The second kappa shape index (κ2) is 8.96. The molecule has 0 fully saturated rings. The molecule has 0 aromatic heterocycles. The van der Waals surface area contributed by atoms with Crippen molar-refractivity contribution in [3.8, 4) is 11.5 Å². The number of hydrogen-bond donors (Lipinski definition) is 1. The van der Waals surface area contributed by atoms with Crippen molar-refractivity contribution in [2.45, 2.75) is 6.61 Å². The number of amides is 1. The van der Waals surface area contributed by atoms with Gasteiger partial charge in [0.15, 0.2) is 11.5 Å². The number of alkyl halides is 2. The lowest BCUT2D eigenvalue weighted by Gasteiger charge is -2.12. The Hall–Kier alpha value is -1.93. The molecule has 0 radical (unpaired) electrons. The fourth-order valence-corrected chi connectivity index (χ4v) is 3.12. The molecule has 0 atom stereocenters. The quantitative estimate of drug-likeness (QED) is 0.562. The van der Waals surface area contributed by atoms with Crippen LogP contribution in [0.15, 0.2) is 51.4 Å². The van der Waals surface area contributed by atoms with E-state index in [1.165, 1.54) is 25.3 Å². The lowest BCUT2D eigenvalue weighted by Crippen LogP contribution is -2.08. The Balaban J connectivity index is 2.19. The van der Waals surface area contributed by atoms with E-state index in [0.717, 1.165) is 4.47 Å². The first-order chi connectivity index (χ1) is 11.9. The highest BCUT2D eigenvalue weighted by atomic mass is 79.9. The molecule has 25 heavy (non-hydrogen) atoms. The topological polar surface area (TPSA) is 47.6 Å². The predicted molar refractivity (Wildman–Crippen MR) is 99.1 cm³/mol. The standard InChI is InChI=1S/C17H13Br2F2NO3/c1-24-14-4-2-3-10(16(14)25-17(20)21)5-8-15(23)22-13-7-6-11(18)9-12(13)19/h2-9,17H,1H3,(H,22,23)/b8-5+. The zero-order valence-corrected chi connectivity index (χ0v) is 16.1. The molecule has 2 rings (SSSR count). The Kier molecular flexibility index (Phi) is 6.95. The number of methoxy groups -OCH3 is 1. The molecule has 2 aromatic rings. The molecule has 0 saturated heterocycles. The smallest absolute Gasteiger partial charge is 0.387 e. The Bertz CT molecular complexity index is 797. The summed E-state index contributed by atoms with van der Waals surface area (Å²) < 4.78 is 36.2. The number of nitrogens with one attached hydrogen (secondary N) is 1. The summed E-state index contributed by atoms with van der Waals surface area (Å²) in [6.07, 6.45) is 2.60. The molecular weight excluding hydrogens is 464 g/mol. The van der Waals surface area contributed by atoms with Crippen LogP contribution in [0.3, 0.4) is 0 Å². The van der Waals surface area contributed by atoms with E-state index in [2.05, 4.69) is 41.9 Å². The Morgan fingerprint density at radius 1 is 1.24 bits per heavy atom. The van der Waals surface area contributed by atoms with Crippen molar-refractivity contribution < 1.29 is 23.0 Å². The third kappa shape index (κ3) is 5.54. The summed E-state index contributed by atoms with van der Waals surface area (Å²) in [6.45, 7) is -3.00. The van der Waals surface area contributed by atoms with E-state index in [4.69, 9.17) is 4.74 Å². The van der Waals surface area contributed by atoms with Crippen LogP contribution >= 0.6 is 31.9 Å². The molecule has 1 N–H and O–H groups in total. The molecule has 0 aliphatic carbocycles. The van der Waals surface area contributed by atoms with Crippen molar-refractivity contribution in [2.75, 3.05) is 12.4 Å². The highest BCUT2D eigenvalue weighted by Crippen LogP contribution is 2.33. The maximum Gasteiger partial charge on any atom is 0.387 e. The number of rotatable bonds is 6. The Labute approximate surface area is 160 Å². The van der Waals surface area contributed by atoms with Crippen LogP contribution in [-0.2, 0) is 4.79 Å². The molecule has 0 bridgehead atoms. The van der Waals surface area contributed by atoms with Crippen molar-refractivity contribution in [3.63, 3.8) is 0 Å². The van der Waals surface area contributed by atoms with Gasteiger partial charge in [0.05, 0.1) is 12.8 Å². The summed E-state index contributed by atoms with van der Waals surface area (Å²) in [5.41, 5.74) is 0.872. The minimum atomic E-state index is -3.00. The van der Waals surface area contributed by atoms with Crippen LogP contribution in [0.4, 0.5) is 14.5 Å². The van der Waals surface area contributed by atoms with E-state index in [9.17, 15) is 13.6 Å². The number of para-hydroxylation sites is 1. The van der Waals surface area contributed by atoms with E-state index in [1.807, 2.05) is 0 Å². The van der Waals surface area contributed by atoms with E-state index >= 15 is 0 Å². The predicted octanol–water partition coefficient (Wildman–Crippen LogP) is 5.47. The van der Waals surface area contributed by atoms with Crippen LogP contribution in [0.5, 0.6) is 11.5 Å². The highest BCUT2D eigenvalue weighted by Gasteiger charge is 2.14. The molecule has 132 valence electrons. The molecule has 2 aromatic carbocycles. The van der Waals surface area contributed by atoms with Gasteiger partial charge in [-0.2, -0.15) is 8.78 Å². The second-order valence-electron chi connectivity index (χ2n) is 4.70. The maximum atomic E-state index is 12.6. The zero-order valence-electron chi connectivity index (χ0n) is 12.9.